The standard InChI is InChI=1S/C11H11N5OS/c1-6-4-7(16-17-6)5-13-9-8-2-3-18-10(8)15-11(12)14-9/h2-4H,5H2,1H3,(H3,12,13,14,15). The third-order valence-electron chi connectivity index (χ3n) is 2.46. The highest BCUT2D eigenvalue weighted by Crippen LogP contribution is 2.25. The SMILES string of the molecule is Cc1cc(CNc2nc(N)nc3sccc23)no1. The highest BCUT2D eigenvalue weighted by molar-refractivity contribution is 7.16. The summed E-state index contributed by atoms with van der Waals surface area (Å²) in [5.41, 5.74) is 6.49. The Morgan fingerprint density at radius 1 is 1.44 bits per heavy atom. The first-order valence-corrected chi connectivity index (χ1v) is 6.27. The number of thiophene rings is 1. The van der Waals surface area contributed by atoms with Gasteiger partial charge in [0.15, 0.2) is 0 Å². The monoisotopic (exact) mass is 261 g/mol. The smallest absolute Gasteiger partial charge is 0.223 e. The zero-order chi connectivity index (χ0) is 12.5. The summed E-state index contributed by atoms with van der Waals surface area (Å²) in [5.74, 6) is 1.78. The van der Waals surface area contributed by atoms with Crippen LogP contribution in [0.15, 0.2) is 22.0 Å². The molecule has 3 aromatic rings. The number of nitrogens with zero attached hydrogens (tertiary/aromatic N) is 3. The molecule has 0 spiro atoms. The summed E-state index contributed by atoms with van der Waals surface area (Å²) in [4.78, 5) is 9.24. The molecule has 0 saturated heterocycles. The molecule has 3 aromatic heterocycles. The zero-order valence-electron chi connectivity index (χ0n) is 9.67. The van der Waals surface area contributed by atoms with Gasteiger partial charge in [-0.05, 0) is 18.4 Å². The van der Waals surface area contributed by atoms with Gasteiger partial charge < -0.3 is 15.6 Å². The van der Waals surface area contributed by atoms with Crippen LogP contribution >= 0.6 is 11.3 Å². The summed E-state index contributed by atoms with van der Waals surface area (Å²) in [7, 11) is 0. The molecule has 3 rings (SSSR count). The number of nitrogens with one attached hydrogen (secondary N) is 1. The van der Waals surface area contributed by atoms with E-state index in [1.165, 1.54) is 11.3 Å². The summed E-state index contributed by atoms with van der Waals surface area (Å²) in [5, 5.41) is 10.0. The van der Waals surface area contributed by atoms with Crippen molar-refractivity contribution >= 4 is 33.3 Å². The van der Waals surface area contributed by atoms with Crippen molar-refractivity contribution in [1.29, 1.82) is 0 Å². The first kappa shape index (κ1) is 11.0. The van der Waals surface area contributed by atoms with Crippen molar-refractivity contribution in [2.24, 2.45) is 0 Å². The van der Waals surface area contributed by atoms with Crippen LogP contribution in [0, 0.1) is 6.92 Å². The Labute approximate surface area is 107 Å². The van der Waals surface area contributed by atoms with Gasteiger partial charge in [-0.3, -0.25) is 0 Å². The number of hydrogen-bond donors (Lipinski definition) is 2. The van der Waals surface area contributed by atoms with Crippen LogP contribution in [-0.2, 0) is 6.54 Å². The number of fused-ring (bicyclic) bond motifs is 1. The van der Waals surface area contributed by atoms with Crippen LogP contribution < -0.4 is 11.1 Å². The average molecular weight is 261 g/mol. The molecule has 0 radical (unpaired) electrons. The van der Waals surface area contributed by atoms with Gasteiger partial charge in [0.2, 0.25) is 5.95 Å². The maximum Gasteiger partial charge on any atom is 0.223 e. The minimum atomic E-state index is 0.267. The molecule has 0 unspecified atom stereocenters. The average Bonchev–Trinajstić information content (AvgIpc) is 2.94. The van der Waals surface area contributed by atoms with E-state index in [4.69, 9.17) is 10.3 Å². The fourth-order valence-corrected chi connectivity index (χ4v) is 2.45. The van der Waals surface area contributed by atoms with E-state index in [0.29, 0.717) is 6.54 Å². The fourth-order valence-electron chi connectivity index (χ4n) is 1.68. The molecule has 0 fully saturated rings. The van der Waals surface area contributed by atoms with Crippen molar-refractivity contribution in [3.8, 4) is 0 Å². The second kappa shape index (κ2) is 4.26. The van der Waals surface area contributed by atoms with Crippen molar-refractivity contribution in [2.75, 3.05) is 11.1 Å². The number of anilines is 2. The lowest BCUT2D eigenvalue weighted by Crippen LogP contribution is -2.04. The molecule has 7 heteroatoms. The van der Waals surface area contributed by atoms with Gasteiger partial charge in [-0.25, -0.2) is 4.98 Å². The van der Waals surface area contributed by atoms with Gasteiger partial charge in [-0.2, -0.15) is 4.98 Å². The summed E-state index contributed by atoms with van der Waals surface area (Å²) in [6.07, 6.45) is 0. The van der Waals surface area contributed by atoms with E-state index in [0.717, 1.165) is 27.5 Å². The van der Waals surface area contributed by atoms with E-state index in [1.54, 1.807) is 0 Å². The number of rotatable bonds is 3. The number of aryl methyl sites for hydroxylation is 1. The van der Waals surface area contributed by atoms with Crippen molar-refractivity contribution in [2.45, 2.75) is 13.5 Å². The number of aromatic nitrogens is 3. The first-order valence-electron chi connectivity index (χ1n) is 5.39. The van der Waals surface area contributed by atoms with Gasteiger partial charge in [-0.15, -0.1) is 11.3 Å². The Hall–Kier alpha value is -2.15. The number of nitrogens with two attached hydrogens (primary N) is 1. The topological polar surface area (TPSA) is 89.9 Å². The van der Waals surface area contributed by atoms with E-state index in [-0.39, 0.29) is 5.95 Å². The third kappa shape index (κ3) is 2.00. The zero-order valence-corrected chi connectivity index (χ0v) is 10.5. The van der Waals surface area contributed by atoms with Crippen LogP contribution in [0.4, 0.5) is 11.8 Å². The van der Waals surface area contributed by atoms with E-state index < -0.39 is 0 Å². The van der Waals surface area contributed by atoms with E-state index in [9.17, 15) is 0 Å². The van der Waals surface area contributed by atoms with Crippen LogP contribution in [0.25, 0.3) is 10.2 Å². The van der Waals surface area contributed by atoms with Gasteiger partial charge in [0.25, 0.3) is 0 Å². The Kier molecular flexibility index (Phi) is 2.60. The maximum atomic E-state index is 5.67. The van der Waals surface area contributed by atoms with Gasteiger partial charge in [0, 0.05) is 6.07 Å². The second-order valence-corrected chi connectivity index (χ2v) is 4.75. The lowest BCUT2D eigenvalue weighted by atomic mass is 10.3. The largest absolute Gasteiger partial charge is 0.368 e. The molecule has 0 aromatic carbocycles. The van der Waals surface area contributed by atoms with Crippen LogP contribution in [0.3, 0.4) is 0 Å². The number of hydrogen-bond acceptors (Lipinski definition) is 7. The molecule has 0 atom stereocenters. The third-order valence-corrected chi connectivity index (χ3v) is 3.26. The molecule has 92 valence electrons. The molecule has 0 saturated carbocycles. The quantitative estimate of drug-likeness (QED) is 0.751. The van der Waals surface area contributed by atoms with E-state index in [1.807, 2.05) is 24.4 Å². The Bertz CT molecular complexity index is 690. The molecule has 0 aliphatic heterocycles. The highest BCUT2D eigenvalue weighted by atomic mass is 32.1. The Balaban J connectivity index is 1.87. The fraction of sp³-hybridized carbons (Fsp3) is 0.182. The molecule has 0 bridgehead atoms. The molecule has 3 N–H and O–H groups in total. The van der Waals surface area contributed by atoms with Gasteiger partial charge in [0.05, 0.1) is 11.9 Å². The minimum Gasteiger partial charge on any atom is -0.368 e. The van der Waals surface area contributed by atoms with Crippen molar-refractivity contribution < 1.29 is 4.52 Å². The molecule has 6 nitrogen and oxygen atoms in total. The van der Waals surface area contributed by atoms with Crippen LogP contribution in [0.2, 0.25) is 0 Å². The van der Waals surface area contributed by atoms with Crippen molar-refractivity contribution in [3.05, 3.63) is 29.0 Å². The normalized spacial score (nSPS) is 10.9. The summed E-state index contributed by atoms with van der Waals surface area (Å²) in [6, 6.07) is 3.85. The predicted molar refractivity (Wildman–Crippen MR) is 70.4 cm³/mol. The summed E-state index contributed by atoms with van der Waals surface area (Å²) in [6.45, 7) is 2.40. The lowest BCUT2D eigenvalue weighted by Gasteiger charge is -2.05. The molecular weight excluding hydrogens is 250 g/mol. The van der Waals surface area contributed by atoms with Gasteiger partial charge >= 0.3 is 0 Å². The maximum absolute atomic E-state index is 5.67. The Morgan fingerprint density at radius 2 is 2.33 bits per heavy atom. The van der Waals surface area contributed by atoms with Gasteiger partial charge in [-0.1, -0.05) is 5.16 Å². The van der Waals surface area contributed by atoms with Crippen LogP contribution in [-0.4, -0.2) is 15.1 Å². The van der Waals surface area contributed by atoms with Gasteiger partial charge in [0.1, 0.15) is 22.1 Å². The number of nitrogen functional groups attached to an aromatic ring is 1. The van der Waals surface area contributed by atoms with E-state index >= 15 is 0 Å². The first-order chi connectivity index (χ1) is 8.72. The molecule has 3 heterocycles. The predicted octanol–water partition coefficient (Wildman–Crippen LogP) is 2.18. The van der Waals surface area contributed by atoms with Crippen LogP contribution in [0.5, 0.6) is 0 Å². The molecular formula is C11H11N5OS. The summed E-state index contributed by atoms with van der Waals surface area (Å²) >= 11 is 1.54. The minimum absolute atomic E-state index is 0.267. The summed E-state index contributed by atoms with van der Waals surface area (Å²) < 4.78 is 5.00. The second-order valence-electron chi connectivity index (χ2n) is 3.85. The molecule has 0 aliphatic carbocycles. The van der Waals surface area contributed by atoms with E-state index in [2.05, 4.69) is 20.4 Å². The van der Waals surface area contributed by atoms with Crippen molar-refractivity contribution in [3.63, 3.8) is 0 Å². The highest BCUT2D eigenvalue weighted by Gasteiger charge is 2.08. The molecule has 18 heavy (non-hydrogen) atoms. The lowest BCUT2D eigenvalue weighted by molar-refractivity contribution is 0.391. The van der Waals surface area contributed by atoms with Crippen molar-refractivity contribution in [1.82, 2.24) is 15.1 Å². The molecule has 0 aliphatic rings. The Morgan fingerprint density at radius 3 is 3.11 bits per heavy atom. The molecule has 0 amide bonds. The van der Waals surface area contributed by atoms with Crippen LogP contribution in [0.1, 0.15) is 11.5 Å².